The summed E-state index contributed by atoms with van der Waals surface area (Å²) < 4.78 is 21.0. The second kappa shape index (κ2) is 13.3. The molecule has 2 aliphatic rings. The molecule has 2 heterocycles. The SMILES string of the molecule is OC[C@H]1O[C@@H](Oc2ccc(O)cc2)[C@H](O)[C@@H](O)[C@@H]1O.OC[C@H]1O[C@@H](Oc2ccc(O)cc2)[C@H](O)[C@@H](O)[C@@H]1O. The molecule has 0 aliphatic carbocycles. The van der Waals surface area contributed by atoms with Crippen molar-refractivity contribution in [3.63, 3.8) is 0 Å². The van der Waals surface area contributed by atoms with E-state index in [1.54, 1.807) is 0 Å². The van der Waals surface area contributed by atoms with Gasteiger partial charge in [0.2, 0.25) is 12.6 Å². The first-order chi connectivity index (χ1) is 18.0. The first-order valence-electron chi connectivity index (χ1n) is 11.6. The van der Waals surface area contributed by atoms with E-state index in [1.165, 1.54) is 48.5 Å². The Labute approximate surface area is 216 Å². The Hall–Kier alpha value is -2.76. The predicted octanol–water partition coefficient (Wildman–Crippen LogP) is -2.86. The van der Waals surface area contributed by atoms with Gasteiger partial charge in [0.15, 0.2) is 0 Å². The van der Waals surface area contributed by atoms with Gasteiger partial charge in [-0.2, -0.15) is 0 Å². The molecule has 0 saturated carbocycles. The fraction of sp³-hybridized carbons (Fsp3) is 0.500. The van der Waals surface area contributed by atoms with Crippen LogP contribution in [-0.4, -0.2) is 126 Å². The molecule has 0 spiro atoms. The molecule has 0 amide bonds. The molecule has 2 aliphatic heterocycles. The lowest BCUT2D eigenvalue weighted by Gasteiger charge is -2.39. The Kier molecular flexibility index (Phi) is 10.5. The summed E-state index contributed by atoms with van der Waals surface area (Å²) in [5.74, 6) is 0.728. The first kappa shape index (κ1) is 29.8. The van der Waals surface area contributed by atoms with Crippen LogP contribution in [0.15, 0.2) is 48.5 Å². The quantitative estimate of drug-likeness (QED) is 0.176. The summed E-state index contributed by atoms with van der Waals surface area (Å²) in [6.07, 6.45) is -13.2. The Morgan fingerprint density at radius 2 is 0.816 bits per heavy atom. The smallest absolute Gasteiger partial charge is 0.229 e. The normalized spacial score (nSPS) is 35.1. The first-order valence-corrected chi connectivity index (χ1v) is 11.6. The summed E-state index contributed by atoms with van der Waals surface area (Å²) in [4.78, 5) is 0. The van der Waals surface area contributed by atoms with Gasteiger partial charge in [-0.05, 0) is 48.5 Å². The number of hydrogen-bond donors (Lipinski definition) is 10. The molecule has 2 fully saturated rings. The fourth-order valence-electron chi connectivity index (χ4n) is 3.65. The van der Waals surface area contributed by atoms with E-state index < -0.39 is 74.6 Å². The third kappa shape index (κ3) is 7.21. The van der Waals surface area contributed by atoms with Crippen LogP contribution in [0.4, 0.5) is 0 Å². The lowest BCUT2D eigenvalue weighted by molar-refractivity contribution is -0.277. The number of aliphatic hydroxyl groups is 8. The maximum Gasteiger partial charge on any atom is 0.229 e. The van der Waals surface area contributed by atoms with Crippen molar-refractivity contribution >= 4 is 0 Å². The van der Waals surface area contributed by atoms with Gasteiger partial charge in [-0.25, -0.2) is 0 Å². The van der Waals surface area contributed by atoms with Gasteiger partial charge < -0.3 is 70.0 Å². The predicted molar refractivity (Wildman–Crippen MR) is 125 cm³/mol. The van der Waals surface area contributed by atoms with Gasteiger partial charge in [-0.3, -0.25) is 0 Å². The lowest BCUT2D eigenvalue weighted by Crippen LogP contribution is -2.60. The van der Waals surface area contributed by atoms with E-state index >= 15 is 0 Å². The zero-order valence-corrected chi connectivity index (χ0v) is 19.9. The zero-order chi connectivity index (χ0) is 28.0. The van der Waals surface area contributed by atoms with Gasteiger partial charge >= 0.3 is 0 Å². The number of benzene rings is 2. The molecule has 4 rings (SSSR count). The van der Waals surface area contributed by atoms with Crippen molar-refractivity contribution in [3.05, 3.63) is 48.5 Å². The minimum Gasteiger partial charge on any atom is -0.508 e. The Morgan fingerprint density at radius 3 is 1.11 bits per heavy atom. The minimum atomic E-state index is -1.48. The molecule has 0 radical (unpaired) electrons. The van der Waals surface area contributed by atoms with Crippen LogP contribution in [0.2, 0.25) is 0 Å². The van der Waals surface area contributed by atoms with Crippen molar-refractivity contribution in [2.24, 2.45) is 0 Å². The lowest BCUT2D eigenvalue weighted by atomic mass is 9.99. The Balaban J connectivity index is 0.000000211. The van der Waals surface area contributed by atoms with Crippen molar-refractivity contribution in [2.75, 3.05) is 13.2 Å². The summed E-state index contributed by atoms with van der Waals surface area (Å²) in [7, 11) is 0. The summed E-state index contributed by atoms with van der Waals surface area (Å²) in [5.41, 5.74) is 0. The van der Waals surface area contributed by atoms with Crippen molar-refractivity contribution in [1.29, 1.82) is 0 Å². The van der Waals surface area contributed by atoms with E-state index in [2.05, 4.69) is 0 Å². The van der Waals surface area contributed by atoms with Crippen molar-refractivity contribution in [1.82, 2.24) is 0 Å². The van der Waals surface area contributed by atoms with Crippen LogP contribution in [0.5, 0.6) is 23.0 Å². The topological polar surface area (TPSA) is 239 Å². The maximum absolute atomic E-state index is 9.75. The Morgan fingerprint density at radius 1 is 0.500 bits per heavy atom. The van der Waals surface area contributed by atoms with Crippen molar-refractivity contribution in [3.8, 4) is 23.0 Å². The molecule has 2 aromatic carbocycles. The monoisotopic (exact) mass is 544 g/mol. The summed E-state index contributed by atoms with van der Waals surface area (Å²) in [6, 6.07) is 11.4. The van der Waals surface area contributed by atoms with E-state index in [4.69, 9.17) is 39.4 Å². The molecule has 0 bridgehead atoms. The van der Waals surface area contributed by atoms with Crippen LogP contribution in [-0.2, 0) is 9.47 Å². The fourth-order valence-corrected chi connectivity index (χ4v) is 3.65. The number of aromatic hydroxyl groups is 2. The molecule has 38 heavy (non-hydrogen) atoms. The summed E-state index contributed by atoms with van der Waals surface area (Å²) in [5, 5.41) is 94.1. The molecule has 10 N–H and O–H groups in total. The molecule has 0 unspecified atom stereocenters. The number of phenolic OH excluding ortho intramolecular Hbond substituents is 2. The van der Waals surface area contributed by atoms with Gasteiger partial charge in [-0.15, -0.1) is 0 Å². The summed E-state index contributed by atoms with van der Waals surface area (Å²) >= 11 is 0. The van der Waals surface area contributed by atoms with E-state index in [1.807, 2.05) is 0 Å². The highest BCUT2D eigenvalue weighted by molar-refractivity contribution is 5.31. The maximum atomic E-state index is 9.75. The van der Waals surface area contributed by atoms with Gasteiger partial charge in [0.25, 0.3) is 0 Å². The largest absolute Gasteiger partial charge is 0.508 e. The molecular formula is C24H32O14. The number of aliphatic hydroxyl groups excluding tert-OH is 8. The van der Waals surface area contributed by atoms with E-state index in [0.29, 0.717) is 11.5 Å². The summed E-state index contributed by atoms with van der Waals surface area (Å²) in [6.45, 7) is -1.03. The number of ether oxygens (including phenoxy) is 4. The van der Waals surface area contributed by atoms with E-state index in [-0.39, 0.29) is 11.5 Å². The standard InChI is InChI=1S/2C12H16O7/c2*13-5-8-9(15)10(16)11(17)12(19-8)18-7-3-1-6(14)2-4-7/h2*1-4,8-17H,5H2/t2*8-,9-,10+,11-,12-/m11/s1. The van der Waals surface area contributed by atoms with Crippen LogP contribution >= 0.6 is 0 Å². The molecule has 10 atom stereocenters. The van der Waals surface area contributed by atoms with Gasteiger partial charge in [0.05, 0.1) is 13.2 Å². The minimum absolute atomic E-state index is 0.0566. The van der Waals surface area contributed by atoms with Crippen LogP contribution < -0.4 is 9.47 Å². The molecule has 212 valence electrons. The van der Waals surface area contributed by atoms with Crippen LogP contribution in [0.25, 0.3) is 0 Å². The van der Waals surface area contributed by atoms with Crippen LogP contribution in [0, 0.1) is 0 Å². The highest BCUT2D eigenvalue weighted by Crippen LogP contribution is 2.26. The van der Waals surface area contributed by atoms with Crippen LogP contribution in [0.3, 0.4) is 0 Å². The van der Waals surface area contributed by atoms with Crippen LogP contribution in [0.1, 0.15) is 0 Å². The highest BCUT2D eigenvalue weighted by Gasteiger charge is 2.45. The van der Waals surface area contributed by atoms with Crippen molar-refractivity contribution < 1.29 is 70.0 Å². The number of hydrogen-bond acceptors (Lipinski definition) is 14. The second-order valence-corrected chi connectivity index (χ2v) is 8.62. The van der Waals surface area contributed by atoms with E-state index in [9.17, 15) is 30.6 Å². The third-order valence-corrected chi connectivity index (χ3v) is 5.87. The molecule has 14 nitrogen and oxygen atoms in total. The average molecular weight is 545 g/mol. The van der Waals surface area contributed by atoms with Gasteiger partial charge in [0.1, 0.15) is 71.8 Å². The number of rotatable bonds is 6. The van der Waals surface area contributed by atoms with Gasteiger partial charge in [-0.1, -0.05) is 0 Å². The molecular weight excluding hydrogens is 512 g/mol. The second-order valence-electron chi connectivity index (χ2n) is 8.62. The van der Waals surface area contributed by atoms with Crippen molar-refractivity contribution in [2.45, 2.75) is 61.4 Å². The van der Waals surface area contributed by atoms with Gasteiger partial charge in [0, 0.05) is 0 Å². The Bertz CT molecular complexity index is 890. The molecule has 2 aromatic rings. The zero-order valence-electron chi connectivity index (χ0n) is 19.9. The third-order valence-electron chi connectivity index (χ3n) is 5.87. The molecule has 14 heteroatoms. The molecule has 0 aromatic heterocycles. The molecule has 2 saturated heterocycles. The number of phenols is 2. The average Bonchev–Trinajstić information content (AvgIpc) is 2.92. The van der Waals surface area contributed by atoms with E-state index in [0.717, 1.165) is 0 Å². The highest BCUT2D eigenvalue weighted by atomic mass is 16.7.